The molecule has 146 valence electrons. The highest BCUT2D eigenvalue weighted by Crippen LogP contribution is 2.44. The fourth-order valence-corrected chi connectivity index (χ4v) is 4.90. The van der Waals surface area contributed by atoms with E-state index in [2.05, 4.69) is 32.6 Å². The van der Waals surface area contributed by atoms with E-state index in [4.69, 9.17) is 4.74 Å². The topological polar surface area (TPSA) is 96.0 Å². The van der Waals surface area contributed by atoms with Gasteiger partial charge < -0.3 is 15.2 Å². The Morgan fingerprint density at radius 1 is 1.32 bits per heavy atom. The summed E-state index contributed by atoms with van der Waals surface area (Å²) in [6.45, 7) is 2.79. The smallest absolute Gasteiger partial charge is 0.294 e. The van der Waals surface area contributed by atoms with E-state index < -0.39 is 12.3 Å². The summed E-state index contributed by atoms with van der Waals surface area (Å²) in [5.74, 6) is 0.0950. The summed E-state index contributed by atoms with van der Waals surface area (Å²) in [5.41, 5.74) is 2.03. The van der Waals surface area contributed by atoms with Crippen LogP contribution in [0.5, 0.6) is 10.9 Å². The first-order chi connectivity index (χ1) is 13.5. The number of phenols is 1. The highest BCUT2D eigenvalue weighted by atomic mass is 32.1. The second-order valence-corrected chi connectivity index (χ2v) is 8.70. The first kappa shape index (κ1) is 17.6. The number of aromatic amines is 1. The molecule has 0 spiro atoms. The van der Waals surface area contributed by atoms with E-state index in [1.807, 2.05) is 6.07 Å². The van der Waals surface area contributed by atoms with Crippen LogP contribution in [0.4, 0.5) is 4.39 Å². The minimum atomic E-state index is -1.07. The van der Waals surface area contributed by atoms with E-state index >= 15 is 0 Å². The maximum absolute atomic E-state index is 14.8. The van der Waals surface area contributed by atoms with Crippen LogP contribution in [0.25, 0.3) is 21.7 Å². The molecule has 3 aromatic rings. The molecule has 2 aromatic heterocycles. The molecule has 7 nitrogen and oxygen atoms in total. The molecule has 28 heavy (non-hydrogen) atoms. The summed E-state index contributed by atoms with van der Waals surface area (Å²) in [4.78, 5) is 0. The third-order valence-corrected chi connectivity index (χ3v) is 6.70. The van der Waals surface area contributed by atoms with Crippen molar-refractivity contribution in [2.24, 2.45) is 5.41 Å². The molecular formula is C19H20FN5O2S. The van der Waals surface area contributed by atoms with Crippen molar-refractivity contribution < 1.29 is 14.2 Å². The number of phenolic OH excluding ortho intramolecular Hbond substituents is 1. The van der Waals surface area contributed by atoms with Gasteiger partial charge >= 0.3 is 0 Å². The van der Waals surface area contributed by atoms with E-state index in [-0.39, 0.29) is 17.2 Å². The molecule has 3 aliphatic rings. The molecule has 4 atom stereocenters. The van der Waals surface area contributed by atoms with Crippen LogP contribution in [0.15, 0.2) is 30.6 Å². The van der Waals surface area contributed by atoms with Crippen LogP contribution in [0.1, 0.15) is 19.8 Å². The van der Waals surface area contributed by atoms with Crippen LogP contribution in [0.3, 0.4) is 0 Å². The van der Waals surface area contributed by atoms with Crippen molar-refractivity contribution in [3.63, 3.8) is 0 Å². The third-order valence-electron chi connectivity index (χ3n) is 5.85. The lowest BCUT2D eigenvalue weighted by Crippen LogP contribution is -2.66. The first-order valence-corrected chi connectivity index (χ1v) is 10.1. The Morgan fingerprint density at radius 3 is 2.89 bits per heavy atom. The van der Waals surface area contributed by atoms with Crippen molar-refractivity contribution in [3.8, 4) is 32.6 Å². The minimum absolute atomic E-state index is 0.0950. The summed E-state index contributed by atoms with van der Waals surface area (Å²) in [5, 5.41) is 29.4. The summed E-state index contributed by atoms with van der Waals surface area (Å²) in [7, 11) is 0. The fraction of sp³-hybridized carbons (Fsp3) is 0.421. The number of halogens is 1. The number of alkyl halides is 1. The molecule has 1 aromatic carbocycles. The molecule has 2 unspecified atom stereocenters. The van der Waals surface area contributed by atoms with Crippen molar-refractivity contribution in [1.82, 2.24) is 25.7 Å². The van der Waals surface area contributed by atoms with Crippen molar-refractivity contribution in [3.05, 3.63) is 30.6 Å². The Bertz CT molecular complexity index is 984. The Hall–Kier alpha value is -2.52. The highest BCUT2D eigenvalue weighted by molar-refractivity contribution is 7.16. The lowest BCUT2D eigenvalue weighted by atomic mass is 9.67. The van der Waals surface area contributed by atoms with Gasteiger partial charge in [0, 0.05) is 29.8 Å². The SMILES string of the molecule is C[C@@]12CCC(NC1)C(F)[C@@H]2Oc1nnc(-c2ccc(-c3cn[nH]c3)cc2O)s1. The van der Waals surface area contributed by atoms with Gasteiger partial charge in [-0.3, -0.25) is 5.10 Å². The van der Waals surface area contributed by atoms with Gasteiger partial charge in [0.2, 0.25) is 0 Å². The predicted octanol–water partition coefficient (Wildman–Crippen LogP) is 3.16. The van der Waals surface area contributed by atoms with E-state index in [0.717, 1.165) is 30.5 Å². The Morgan fingerprint density at radius 2 is 2.21 bits per heavy atom. The van der Waals surface area contributed by atoms with Crippen LogP contribution >= 0.6 is 11.3 Å². The zero-order valence-electron chi connectivity index (χ0n) is 15.2. The van der Waals surface area contributed by atoms with Crippen LogP contribution < -0.4 is 10.1 Å². The summed E-state index contributed by atoms with van der Waals surface area (Å²) < 4.78 is 20.7. The molecule has 3 fully saturated rings. The van der Waals surface area contributed by atoms with Crippen molar-refractivity contribution >= 4 is 11.3 Å². The first-order valence-electron chi connectivity index (χ1n) is 9.24. The predicted molar refractivity (Wildman–Crippen MR) is 103 cm³/mol. The molecule has 1 saturated carbocycles. The monoisotopic (exact) mass is 401 g/mol. The molecule has 2 bridgehead atoms. The number of benzene rings is 1. The van der Waals surface area contributed by atoms with Gasteiger partial charge in [-0.25, -0.2) is 4.39 Å². The van der Waals surface area contributed by atoms with E-state index in [1.165, 1.54) is 11.3 Å². The van der Waals surface area contributed by atoms with Crippen LogP contribution in [0, 0.1) is 5.41 Å². The van der Waals surface area contributed by atoms with Gasteiger partial charge in [0.05, 0.1) is 11.8 Å². The quantitative estimate of drug-likeness (QED) is 0.622. The zero-order valence-corrected chi connectivity index (χ0v) is 16.0. The second-order valence-electron chi connectivity index (χ2n) is 7.76. The minimum Gasteiger partial charge on any atom is -0.507 e. The lowest BCUT2D eigenvalue weighted by Gasteiger charge is -2.51. The number of rotatable bonds is 4. The number of aromatic hydroxyl groups is 1. The average molecular weight is 401 g/mol. The second kappa shape index (κ2) is 6.52. The number of H-pyrrole nitrogens is 1. The molecule has 6 rings (SSSR count). The van der Waals surface area contributed by atoms with Gasteiger partial charge in [-0.1, -0.05) is 29.4 Å². The molecule has 0 radical (unpaired) electrons. The number of hydrogen-bond donors (Lipinski definition) is 3. The number of ether oxygens (including phenoxy) is 1. The summed E-state index contributed by atoms with van der Waals surface area (Å²) in [6.07, 6.45) is 3.60. The average Bonchev–Trinajstić information content (AvgIpc) is 3.37. The lowest BCUT2D eigenvalue weighted by molar-refractivity contribution is -0.0857. The van der Waals surface area contributed by atoms with Gasteiger partial charge in [0.1, 0.15) is 11.9 Å². The van der Waals surface area contributed by atoms with Crippen molar-refractivity contribution in [2.45, 2.75) is 38.1 Å². The van der Waals surface area contributed by atoms with Gasteiger partial charge in [-0.05, 0) is 30.5 Å². The number of hydrogen-bond acceptors (Lipinski definition) is 7. The maximum Gasteiger partial charge on any atom is 0.294 e. The van der Waals surface area contributed by atoms with Gasteiger partial charge in [-0.2, -0.15) is 5.10 Å². The third kappa shape index (κ3) is 2.85. The normalized spacial score (nSPS) is 29.1. The molecule has 0 amide bonds. The fourth-order valence-electron chi connectivity index (χ4n) is 4.13. The maximum atomic E-state index is 14.8. The summed E-state index contributed by atoms with van der Waals surface area (Å²) in [6, 6.07) is 5.17. The number of fused-ring (bicyclic) bond motifs is 3. The van der Waals surface area contributed by atoms with Crippen LogP contribution in [-0.2, 0) is 0 Å². The number of nitrogens with one attached hydrogen (secondary N) is 2. The van der Waals surface area contributed by atoms with Gasteiger partial charge in [0.25, 0.3) is 5.19 Å². The Balaban J connectivity index is 1.38. The largest absolute Gasteiger partial charge is 0.507 e. The molecule has 9 heteroatoms. The van der Waals surface area contributed by atoms with Gasteiger partial charge in [0.15, 0.2) is 11.2 Å². The van der Waals surface area contributed by atoms with E-state index in [9.17, 15) is 9.50 Å². The molecule has 2 saturated heterocycles. The molecular weight excluding hydrogens is 381 g/mol. The van der Waals surface area contributed by atoms with Crippen molar-refractivity contribution in [2.75, 3.05) is 6.54 Å². The highest BCUT2D eigenvalue weighted by Gasteiger charge is 2.53. The number of aromatic nitrogens is 4. The molecule has 2 aliphatic heterocycles. The van der Waals surface area contributed by atoms with E-state index in [0.29, 0.717) is 15.8 Å². The molecule has 4 heterocycles. The Labute approximate surface area is 165 Å². The van der Waals surface area contributed by atoms with Crippen LogP contribution in [-0.4, -0.2) is 50.4 Å². The zero-order chi connectivity index (χ0) is 19.3. The molecule has 3 N–H and O–H groups in total. The number of piperidine rings is 2. The summed E-state index contributed by atoms with van der Waals surface area (Å²) >= 11 is 1.22. The Kier molecular flexibility index (Phi) is 4.09. The van der Waals surface area contributed by atoms with Crippen LogP contribution in [0.2, 0.25) is 0 Å². The standard InChI is InChI=1S/C19H20FN5O2S/c1-19-5-4-13(21-9-19)15(20)16(19)27-18-25-24-17(28-18)12-3-2-10(6-14(12)26)11-7-22-23-8-11/h2-3,6-8,13,15-16,21,26H,4-5,9H2,1H3,(H,22,23)/t13?,15?,16-,19+/m0/s1. The van der Waals surface area contributed by atoms with Gasteiger partial charge in [-0.15, -0.1) is 5.10 Å². The van der Waals surface area contributed by atoms with Crippen molar-refractivity contribution in [1.29, 1.82) is 0 Å². The number of nitrogens with zero attached hydrogens (tertiary/aromatic N) is 3. The molecule has 1 aliphatic carbocycles. The van der Waals surface area contributed by atoms with E-state index in [1.54, 1.807) is 24.5 Å².